The van der Waals surface area contributed by atoms with Gasteiger partial charge in [-0.3, -0.25) is 0 Å². The molecule has 0 fully saturated rings. The smallest absolute Gasteiger partial charge is 0.407 e. The Morgan fingerprint density at radius 3 is 2.55 bits per heavy atom. The second kappa shape index (κ2) is 8.08. The van der Waals surface area contributed by atoms with Gasteiger partial charge in [-0.25, -0.2) is 17.2 Å². The highest BCUT2D eigenvalue weighted by atomic mass is 35.5. The Balaban J connectivity index is 1.89. The number of fused-ring (bicyclic) bond motifs is 1. The van der Waals surface area contributed by atoms with Gasteiger partial charge in [0.15, 0.2) is 0 Å². The fourth-order valence-corrected chi connectivity index (χ4v) is 4.66. The number of nitrogens with one attached hydrogen (secondary N) is 1. The van der Waals surface area contributed by atoms with E-state index in [-0.39, 0.29) is 4.90 Å². The molecule has 1 N–H and O–H groups in total. The Bertz CT molecular complexity index is 1150. The zero-order valence-electron chi connectivity index (χ0n) is 16.5. The van der Waals surface area contributed by atoms with Crippen LogP contribution in [0.4, 0.5) is 4.79 Å². The van der Waals surface area contributed by atoms with Crippen LogP contribution >= 0.6 is 11.6 Å². The SMILES string of the molecule is CC(C)(C)OC(=O)NCCc1cn(S(=O)(=O)c2cccc(Cl)c2)c2ccccc12. The summed E-state index contributed by atoms with van der Waals surface area (Å²) in [6.45, 7) is 5.70. The van der Waals surface area contributed by atoms with Crippen molar-refractivity contribution in [2.75, 3.05) is 6.54 Å². The van der Waals surface area contributed by atoms with Gasteiger partial charge in [-0.05, 0) is 57.0 Å². The topological polar surface area (TPSA) is 77.4 Å². The van der Waals surface area contributed by atoms with E-state index in [1.807, 2.05) is 12.1 Å². The Morgan fingerprint density at radius 2 is 1.86 bits per heavy atom. The van der Waals surface area contributed by atoms with Crippen molar-refractivity contribution in [1.29, 1.82) is 0 Å². The van der Waals surface area contributed by atoms with Gasteiger partial charge in [0, 0.05) is 23.2 Å². The number of alkyl carbamates (subject to hydrolysis) is 1. The number of nitrogens with zero attached hydrogens (tertiary/aromatic N) is 1. The van der Waals surface area contributed by atoms with Gasteiger partial charge in [-0.1, -0.05) is 35.9 Å². The minimum atomic E-state index is -3.81. The van der Waals surface area contributed by atoms with Crippen molar-refractivity contribution in [2.45, 2.75) is 37.7 Å². The van der Waals surface area contributed by atoms with Crippen molar-refractivity contribution < 1.29 is 17.9 Å². The molecular formula is C21H23ClN2O4S. The molecule has 0 bridgehead atoms. The molecule has 0 radical (unpaired) electrons. The molecule has 1 aromatic heterocycles. The van der Waals surface area contributed by atoms with Crippen LogP contribution in [-0.2, 0) is 21.2 Å². The van der Waals surface area contributed by atoms with Crippen LogP contribution < -0.4 is 5.32 Å². The van der Waals surface area contributed by atoms with Crippen LogP contribution in [0.1, 0.15) is 26.3 Å². The molecule has 154 valence electrons. The first kappa shape index (κ1) is 21.2. The number of halogens is 1. The van der Waals surface area contributed by atoms with E-state index >= 15 is 0 Å². The standard InChI is InChI=1S/C21H23ClN2O4S/c1-21(2,3)28-20(25)23-12-11-15-14-24(19-10-5-4-9-18(15)19)29(26,27)17-8-6-7-16(22)13-17/h4-10,13-14H,11-12H2,1-3H3,(H,23,25). The number of hydrogen-bond donors (Lipinski definition) is 1. The van der Waals surface area contributed by atoms with Gasteiger partial charge >= 0.3 is 6.09 Å². The summed E-state index contributed by atoms with van der Waals surface area (Å²) in [7, 11) is -3.81. The normalized spacial score (nSPS) is 12.1. The second-order valence-corrected chi connectivity index (χ2v) is 9.86. The largest absolute Gasteiger partial charge is 0.444 e. The summed E-state index contributed by atoms with van der Waals surface area (Å²) in [6.07, 6.45) is 1.54. The molecule has 0 saturated carbocycles. The summed E-state index contributed by atoms with van der Waals surface area (Å²) >= 11 is 5.98. The number of rotatable bonds is 5. The van der Waals surface area contributed by atoms with E-state index in [2.05, 4.69) is 5.32 Å². The number of para-hydroxylation sites is 1. The zero-order chi connectivity index (χ0) is 21.2. The Morgan fingerprint density at radius 1 is 1.14 bits per heavy atom. The molecule has 29 heavy (non-hydrogen) atoms. The molecular weight excluding hydrogens is 412 g/mol. The van der Waals surface area contributed by atoms with E-state index in [4.69, 9.17) is 16.3 Å². The van der Waals surface area contributed by atoms with Crippen molar-refractivity contribution in [1.82, 2.24) is 9.29 Å². The summed E-state index contributed by atoms with van der Waals surface area (Å²) in [5.74, 6) is 0. The zero-order valence-corrected chi connectivity index (χ0v) is 18.0. The van der Waals surface area contributed by atoms with E-state index in [1.54, 1.807) is 51.2 Å². The third-order valence-corrected chi connectivity index (χ3v) is 6.08. The number of carbonyl (C=O) groups excluding carboxylic acids is 1. The van der Waals surface area contributed by atoms with E-state index in [1.165, 1.54) is 16.1 Å². The maximum Gasteiger partial charge on any atom is 0.407 e. The van der Waals surface area contributed by atoms with Gasteiger partial charge in [0.05, 0.1) is 10.4 Å². The van der Waals surface area contributed by atoms with Crippen molar-refractivity contribution in [3.63, 3.8) is 0 Å². The van der Waals surface area contributed by atoms with Crippen molar-refractivity contribution in [3.05, 3.63) is 65.3 Å². The van der Waals surface area contributed by atoms with E-state index in [0.29, 0.717) is 23.5 Å². The monoisotopic (exact) mass is 434 g/mol. The minimum Gasteiger partial charge on any atom is -0.444 e. The van der Waals surface area contributed by atoms with Gasteiger partial charge in [0.25, 0.3) is 10.0 Å². The molecule has 0 aliphatic rings. The summed E-state index contributed by atoms with van der Waals surface area (Å²) in [5.41, 5.74) is 0.799. The van der Waals surface area contributed by atoms with Crippen LogP contribution in [0.3, 0.4) is 0 Å². The van der Waals surface area contributed by atoms with Crippen LogP contribution in [0.15, 0.2) is 59.6 Å². The number of amides is 1. The third kappa shape index (κ3) is 4.92. The van der Waals surface area contributed by atoms with Gasteiger partial charge in [-0.15, -0.1) is 0 Å². The molecule has 2 aromatic carbocycles. The predicted octanol–water partition coefficient (Wildman–Crippen LogP) is 4.60. The number of aromatic nitrogens is 1. The molecule has 0 saturated heterocycles. The maximum atomic E-state index is 13.2. The second-order valence-electron chi connectivity index (χ2n) is 7.61. The molecule has 8 heteroatoms. The van der Waals surface area contributed by atoms with Crippen LogP contribution in [-0.4, -0.2) is 30.6 Å². The van der Waals surface area contributed by atoms with Crippen molar-refractivity contribution >= 4 is 38.6 Å². The molecule has 0 aliphatic carbocycles. The highest BCUT2D eigenvalue weighted by Gasteiger charge is 2.21. The Hall–Kier alpha value is -2.51. The lowest BCUT2D eigenvalue weighted by Gasteiger charge is -2.19. The predicted molar refractivity (Wildman–Crippen MR) is 114 cm³/mol. The van der Waals surface area contributed by atoms with E-state index in [9.17, 15) is 13.2 Å². The first-order valence-corrected chi connectivity index (χ1v) is 11.0. The molecule has 3 rings (SSSR count). The van der Waals surface area contributed by atoms with Crippen LogP contribution in [0.5, 0.6) is 0 Å². The Labute approximate surface area is 175 Å². The number of ether oxygens (including phenoxy) is 1. The average molecular weight is 435 g/mol. The van der Waals surface area contributed by atoms with Crippen molar-refractivity contribution in [3.8, 4) is 0 Å². The highest BCUT2D eigenvalue weighted by molar-refractivity contribution is 7.90. The fourth-order valence-electron chi connectivity index (χ4n) is 2.97. The lowest BCUT2D eigenvalue weighted by molar-refractivity contribution is 0.0528. The fraction of sp³-hybridized carbons (Fsp3) is 0.286. The Kier molecular flexibility index (Phi) is 5.91. The molecule has 0 spiro atoms. The van der Waals surface area contributed by atoms with Gasteiger partial charge in [0.2, 0.25) is 0 Å². The molecule has 3 aromatic rings. The highest BCUT2D eigenvalue weighted by Crippen LogP contribution is 2.27. The lowest BCUT2D eigenvalue weighted by atomic mass is 10.1. The number of hydrogen-bond acceptors (Lipinski definition) is 4. The summed E-state index contributed by atoms with van der Waals surface area (Å²) in [5, 5.41) is 3.86. The first-order chi connectivity index (χ1) is 13.6. The van der Waals surface area contributed by atoms with E-state index < -0.39 is 21.7 Å². The van der Waals surface area contributed by atoms with Crippen LogP contribution in [0.2, 0.25) is 5.02 Å². The number of benzene rings is 2. The molecule has 0 aliphatic heterocycles. The van der Waals surface area contributed by atoms with Crippen molar-refractivity contribution in [2.24, 2.45) is 0 Å². The number of carbonyl (C=O) groups is 1. The average Bonchev–Trinajstić information content (AvgIpc) is 3.00. The molecule has 6 nitrogen and oxygen atoms in total. The minimum absolute atomic E-state index is 0.115. The first-order valence-electron chi connectivity index (χ1n) is 9.15. The quantitative estimate of drug-likeness (QED) is 0.636. The van der Waals surface area contributed by atoms with E-state index in [0.717, 1.165) is 10.9 Å². The molecule has 0 unspecified atom stereocenters. The van der Waals surface area contributed by atoms with Crippen LogP contribution in [0.25, 0.3) is 10.9 Å². The van der Waals surface area contributed by atoms with Crippen LogP contribution in [0, 0.1) is 0 Å². The third-order valence-electron chi connectivity index (χ3n) is 4.18. The molecule has 1 amide bonds. The maximum absolute atomic E-state index is 13.2. The summed E-state index contributed by atoms with van der Waals surface area (Å²) in [6, 6.07) is 13.4. The lowest BCUT2D eigenvalue weighted by Crippen LogP contribution is -2.33. The molecule has 0 atom stereocenters. The van der Waals surface area contributed by atoms with Gasteiger partial charge in [-0.2, -0.15) is 0 Å². The summed E-state index contributed by atoms with van der Waals surface area (Å²) < 4.78 is 32.8. The van der Waals surface area contributed by atoms with Gasteiger partial charge < -0.3 is 10.1 Å². The summed E-state index contributed by atoms with van der Waals surface area (Å²) in [4.78, 5) is 12.0. The van der Waals surface area contributed by atoms with Gasteiger partial charge in [0.1, 0.15) is 5.60 Å². The molecule has 1 heterocycles.